The number of anilines is 1. The van der Waals surface area contributed by atoms with E-state index in [2.05, 4.69) is 15.9 Å². The van der Waals surface area contributed by atoms with Crippen molar-refractivity contribution in [3.05, 3.63) is 28.0 Å². The minimum absolute atomic E-state index is 0.271. The summed E-state index contributed by atoms with van der Waals surface area (Å²) >= 11 is 3.18. The Morgan fingerprint density at radius 3 is 2.60 bits per heavy atom. The van der Waals surface area contributed by atoms with Crippen molar-refractivity contribution in [2.75, 3.05) is 5.73 Å². The minimum atomic E-state index is -0.271. The smallest absolute Gasteiger partial charge is 0.129 e. The molecule has 0 saturated heterocycles. The van der Waals surface area contributed by atoms with Crippen LogP contribution in [0.3, 0.4) is 0 Å². The largest absolute Gasteiger partial charge is 0.399 e. The summed E-state index contributed by atoms with van der Waals surface area (Å²) < 4.78 is 13.4. The molecule has 1 nitrogen and oxygen atoms in total. The number of nitrogens with two attached hydrogens (primary N) is 1. The van der Waals surface area contributed by atoms with Crippen molar-refractivity contribution in [3.8, 4) is 0 Å². The van der Waals surface area contributed by atoms with Gasteiger partial charge in [0.25, 0.3) is 0 Å². The minimum Gasteiger partial charge on any atom is -0.399 e. The maximum Gasteiger partial charge on any atom is 0.129 e. The Balaban J connectivity index is 3.31. The fourth-order valence-electron chi connectivity index (χ4n) is 0.665. The standard InChI is InChI=1S/C7H7BrFN/c1-4-6(8)2-5(10)3-7(4)9/h2-3H,10H2,1H3. The van der Waals surface area contributed by atoms with Gasteiger partial charge in [-0.25, -0.2) is 4.39 Å². The van der Waals surface area contributed by atoms with E-state index in [1.165, 1.54) is 6.07 Å². The lowest BCUT2D eigenvalue weighted by molar-refractivity contribution is 0.618. The molecule has 0 aliphatic heterocycles. The van der Waals surface area contributed by atoms with Crippen molar-refractivity contribution in [2.24, 2.45) is 0 Å². The van der Waals surface area contributed by atoms with Gasteiger partial charge in [0.1, 0.15) is 5.82 Å². The molecule has 0 amide bonds. The van der Waals surface area contributed by atoms with Crippen LogP contribution >= 0.6 is 15.9 Å². The molecule has 0 radical (unpaired) electrons. The zero-order chi connectivity index (χ0) is 7.72. The van der Waals surface area contributed by atoms with Crippen LogP contribution in [0.25, 0.3) is 0 Å². The predicted molar refractivity (Wildman–Crippen MR) is 43.2 cm³/mol. The molecule has 0 spiro atoms. The third kappa shape index (κ3) is 1.29. The maximum absolute atomic E-state index is 12.7. The lowest BCUT2D eigenvalue weighted by atomic mass is 10.2. The van der Waals surface area contributed by atoms with Crippen molar-refractivity contribution in [3.63, 3.8) is 0 Å². The van der Waals surface area contributed by atoms with Gasteiger partial charge in [0.2, 0.25) is 0 Å². The fourth-order valence-corrected chi connectivity index (χ4v) is 1.12. The third-order valence-electron chi connectivity index (χ3n) is 1.30. The van der Waals surface area contributed by atoms with E-state index in [1.54, 1.807) is 13.0 Å². The molecule has 1 rings (SSSR count). The van der Waals surface area contributed by atoms with Gasteiger partial charge in [-0.3, -0.25) is 0 Å². The summed E-state index contributed by atoms with van der Waals surface area (Å²) in [6.07, 6.45) is 0. The number of hydrogen-bond donors (Lipinski definition) is 1. The quantitative estimate of drug-likeness (QED) is 0.645. The van der Waals surface area contributed by atoms with Gasteiger partial charge in [-0.2, -0.15) is 0 Å². The summed E-state index contributed by atoms with van der Waals surface area (Å²) in [4.78, 5) is 0. The average Bonchev–Trinajstić information content (AvgIpc) is 1.82. The van der Waals surface area contributed by atoms with Gasteiger partial charge < -0.3 is 5.73 Å². The highest BCUT2D eigenvalue weighted by Crippen LogP contribution is 2.21. The molecule has 10 heavy (non-hydrogen) atoms. The van der Waals surface area contributed by atoms with Crippen LogP contribution in [0.4, 0.5) is 10.1 Å². The Labute approximate surface area is 67.2 Å². The first-order valence-corrected chi connectivity index (χ1v) is 3.61. The van der Waals surface area contributed by atoms with Gasteiger partial charge in [-0.05, 0) is 24.6 Å². The molecule has 0 bridgehead atoms. The van der Waals surface area contributed by atoms with Crippen LogP contribution in [0.1, 0.15) is 5.56 Å². The lowest BCUT2D eigenvalue weighted by Crippen LogP contribution is -1.89. The van der Waals surface area contributed by atoms with Gasteiger partial charge in [-0.15, -0.1) is 0 Å². The highest BCUT2D eigenvalue weighted by atomic mass is 79.9. The van der Waals surface area contributed by atoms with E-state index in [-0.39, 0.29) is 5.82 Å². The maximum atomic E-state index is 12.7. The second-order valence-corrected chi connectivity index (χ2v) is 2.96. The number of benzene rings is 1. The first kappa shape index (κ1) is 7.54. The second kappa shape index (κ2) is 2.58. The van der Waals surface area contributed by atoms with Crippen molar-refractivity contribution in [1.29, 1.82) is 0 Å². The van der Waals surface area contributed by atoms with Crippen LogP contribution in [0.15, 0.2) is 16.6 Å². The molecule has 54 valence electrons. The van der Waals surface area contributed by atoms with Crippen molar-refractivity contribution in [2.45, 2.75) is 6.92 Å². The number of nitrogen functional groups attached to an aromatic ring is 1. The Morgan fingerprint density at radius 1 is 1.50 bits per heavy atom. The third-order valence-corrected chi connectivity index (χ3v) is 2.13. The highest BCUT2D eigenvalue weighted by Gasteiger charge is 2.01. The molecule has 0 aliphatic rings. The van der Waals surface area contributed by atoms with Crippen molar-refractivity contribution in [1.82, 2.24) is 0 Å². The van der Waals surface area contributed by atoms with Gasteiger partial charge >= 0.3 is 0 Å². The average molecular weight is 204 g/mol. The van der Waals surface area contributed by atoms with Crippen LogP contribution in [0, 0.1) is 12.7 Å². The summed E-state index contributed by atoms with van der Waals surface area (Å²) in [5, 5.41) is 0. The van der Waals surface area contributed by atoms with Gasteiger partial charge in [0.15, 0.2) is 0 Å². The van der Waals surface area contributed by atoms with E-state index in [0.29, 0.717) is 15.7 Å². The normalized spacial score (nSPS) is 9.90. The molecule has 0 saturated carbocycles. The highest BCUT2D eigenvalue weighted by molar-refractivity contribution is 9.10. The Kier molecular flexibility index (Phi) is 1.94. The summed E-state index contributed by atoms with van der Waals surface area (Å²) in [5.41, 5.74) is 6.39. The SMILES string of the molecule is Cc1c(F)cc(N)cc1Br. The van der Waals surface area contributed by atoms with Crippen LogP contribution in [0.5, 0.6) is 0 Å². The van der Waals surface area contributed by atoms with Crippen LogP contribution < -0.4 is 5.73 Å². The topological polar surface area (TPSA) is 26.0 Å². The molecular weight excluding hydrogens is 197 g/mol. The molecule has 2 N–H and O–H groups in total. The lowest BCUT2D eigenvalue weighted by Gasteiger charge is -2.00. The number of hydrogen-bond acceptors (Lipinski definition) is 1. The Hall–Kier alpha value is -0.570. The van der Waals surface area contributed by atoms with E-state index in [9.17, 15) is 4.39 Å². The summed E-state index contributed by atoms with van der Waals surface area (Å²) in [7, 11) is 0. The van der Waals surface area contributed by atoms with Crippen LogP contribution in [-0.4, -0.2) is 0 Å². The molecule has 1 aromatic carbocycles. The Bertz CT molecular complexity index is 237. The van der Waals surface area contributed by atoms with Gasteiger partial charge in [0, 0.05) is 10.2 Å². The molecular formula is C7H7BrFN. The van der Waals surface area contributed by atoms with Crippen molar-refractivity contribution < 1.29 is 4.39 Å². The Morgan fingerprint density at radius 2 is 2.10 bits per heavy atom. The number of halogens is 2. The molecule has 0 unspecified atom stereocenters. The summed E-state index contributed by atoms with van der Waals surface area (Å²) in [5.74, 6) is -0.271. The summed E-state index contributed by atoms with van der Waals surface area (Å²) in [6, 6.07) is 2.98. The van der Waals surface area contributed by atoms with Gasteiger partial charge in [0.05, 0.1) is 0 Å². The summed E-state index contributed by atoms with van der Waals surface area (Å²) in [6.45, 7) is 1.69. The van der Waals surface area contributed by atoms with Crippen molar-refractivity contribution >= 4 is 21.6 Å². The van der Waals surface area contributed by atoms with E-state index in [4.69, 9.17) is 5.73 Å². The van der Waals surface area contributed by atoms with E-state index in [1.807, 2.05) is 0 Å². The predicted octanol–water partition coefficient (Wildman–Crippen LogP) is 2.48. The molecule has 0 heterocycles. The van der Waals surface area contributed by atoms with Crippen LogP contribution in [0.2, 0.25) is 0 Å². The monoisotopic (exact) mass is 203 g/mol. The van der Waals surface area contributed by atoms with Crippen LogP contribution in [-0.2, 0) is 0 Å². The molecule has 1 aromatic rings. The second-order valence-electron chi connectivity index (χ2n) is 2.11. The molecule has 0 aliphatic carbocycles. The zero-order valence-corrected chi connectivity index (χ0v) is 7.07. The zero-order valence-electron chi connectivity index (χ0n) is 5.49. The fraction of sp³-hybridized carbons (Fsp3) is 0.143. The molecule has 3 heteroatoms. The molecule has 0 fully saturated rings. The van der Waals surface area contributed by atoms with E-state index < -0.39 is 0 Å². The van der Waals surface area contributed by atoms with Gasteiger partial charge in [-0.1, -0.05) is 15.9 Å². The van der Waals surface area contributed by atoms with E-state index in [0.717, 1.165) is 0 Å². The molecule has 0 atom stereocenters. The first-order chi connectivity index (χ1) is 4.61. The number of rotatable bonds is 0. The first-order valence-electron chi connectivity index (χ1n) is 2.82. The van der Waals surface area contributed by atoms with E-state index >= 15 is 0 Å². The molecule has 0 aromatic heterocycles.